The molecule has 1 aromatic heterocycles. The van der Waals surface area contributed by atoms with Gasteiger partial charge in [0.25, 0.3) is 12.0 Å². The Bertz CT molecular complexity index is 604. The van der Waals surface area contributed by atoms with Crippen molar-refractivity contribution in [3.8, 4) is 0 Å². The third-order valence-electron chi connectivity index (χ3n) is 2.98. The van der Waals surface area contributed by atoms with E-state index in [0.29, 0.717) is 6.20 Å². The zero-order chi connectivity index (χ0) is 15.0. The van der Waals surface area contributed by atoms with E-state index >= 15 is 0 Å². The number of hydrogen-bond acceptors (Lipinski definition) is 5. The molecular weight excluding hydrogens is 346 g/mol. The molecule has 4 atom stereocenters. The van der Waals surface area contributed by atoms with Gasteiger partial charge in [-0.2, -0.15) is 0 Å². The van der Waals surface area contributed by atoms with Gasteiger partial charge in [0.1, 0.15) is 6.10 Å². The highest BCUT2D eigenvalue weighted by Gasteiger charge is 2.43. The van der Waals surface area contributed by atoms with Crippen LogP contribution in [-0.2, 0) is 4.74 Å². The number of hydrogen-bond donors (Lipinski definition) is 3. The Morgan fingerprint density at radius 3 is 2.65 bits per heavy atom. The molecule has 112 valence electrons. The minimum atomic E-state index is -3.06. The molecule has 1 unspecified atom stereocenters. The summed E-state index contributed by atoms with van der Waals surface area (Å²) in [4.78, 5) is 23.9. The van der Waals surface area contributed by atoms with Gasteiger partial charge < -0.3 is 14.9 Å². The van der Waals surface area contributed by atoms with E-state index in [4.69, 9.17) is 9.84 Å². The van der Waals surface area contributed by atoms with Crippen molar-refractivity contribution in [3.63, 3.8) is 0 Å². The summed E-state index contributed by atoms with van der Waals surface area (Å²) >= 11 is 3.08. The van der Waals surface area contributed by atoms with Crippen LogP contribution >= 0.6 is 15.9 Å². The third-order valence-corrected chi connectivity index (χ3v) is 3.97. The molecule has 1 saturated heterocycles. The maximum absolute atomic E-state index is 12.7. The molecule has 2 heterocycles. The first kappa shape index (κ1) is 15.3. The third kappa shape index (κ3) is 2.55. The summed E-state index contributed by atoms with van der Waals surface area (Å²) in [5.74, 6) is 0. The number of aromatic nitrogens is 2. The van der Waals surface area contributed by atoms with Crippen molar-refractivity contribution in [1.29, 1.82) is 0 Å². The fourth-order valence-corrected chi connectivity index (χ4v) is 2.64. The van der Waals surface area contributed by atoms with Crippen molar-refractivity contribution in [3.05, 3.63) is 32.6 Å². The Morgan fingerprint density at radius 2 is 2.15 bits per heavy atom. The minimum Gasteiger partial charge on any atom is -0.394 e. The van der Waals surface area contributed by atoms with Crippen molar-refractivity contribution in [2.45, 2.75) is 29.7 Å². The molecule has 0 spiro atoms. The highest BCUT2D eigenvalue weighted by molar-refractivity contribution is 9.09. The van der Waals surface area contributed by atoms with Crippen LogP contribution in [0.2, 0.25) is 0 Å². The summed E-state index contributed by atoms with van der Waals surface area (Å²) in [5, 5.41) is 18.7. The number of aliphatic hydroxyl groups is 2. The molecule has 2 rings (SSSR count). The summed E-state index contributed by atoms with van der Waals surface area (Å²) in [6.07, 6.45) is -5.57. The molecule has 0 aromatic carbocycles. The van der Waals surface area contributed by atoms with Crippen LogP contribution in [0.1, 0.15) is 18.2 Å². The number of ether oxygens (including phenoxy) is 1. The Kier molecular flexibility index (Phi) is 4.37. The molecule has 20 heavy (non-hydrogen) atoms. The average Bonchev–Trinajstić information content (AvgIpc) is 2.66. The van der Waals surface area contributed by atoms with Gasteiger partial charge >= 0.3 is 5.69 Å². The Labute approximate surface area is 118 Å². The standard InChI is InChI=1S/C10H11BrF2N2O5/c11-5-6(17)4(2-16)20-9(5)15-1-3(7(12)13)8(18)14-10(15)19/h1,4-7,9,16-17H,2H2,(H,14,18,19)/t4-,5?,6-,9-/m1/s1. The SMILES string of the molecule is O=c1[nH]c(=O)n([C@@H]2O[C@H](CO)[C@@H](O)C2Br)cc1C(F)F. The zero-order valence-electron chi connectivity index (χ0n) is 9.87. The van der Waals surface area contributed by atoms with Gasteiger partial charge in [0.2, 0.25) is 0 Å². The van der Waals surface area contributed by atoms with Gasteiger partial charge in [-0.15, -0.1) is 0 Å². The lowest BCUT2D eigenvalue weighted by Gasteiger charge is -2.17. The Balaban J connectivity index is 2.46. The molecule has 0 saturated carbocycles. The number of aromatic amines is 1. The van der Waals surface area contributed by atoms with Gasteiger partial charge in [0, 0.05) is 6.20 Å². The van der Waals surface area contributed by atoms with E-state index in [1.807, 2.05) is 0 Å². The Morgan fingerprint density at radius 1 is 1.50 bits per heavy atom. The predicted molar refractivity (Wildman–Crippen MR) is 66.0 cm³/mol. The lowest BCUT2D eigenvalue weighted by molar-refractivity contribution is -0.0459. The van der Waals surface area contributed by atoms with E-state index in [1.165, 1.54) is 0 Å². The van der Waals surface area contributed by atoms with Gasteiger partial charge in [-0.3, -0.25) is 14.3 Å². The molecule has 10 heteroatoms. The lowest BCUT2D eigenvalue weighted by Crippen LogP contribution is -2.37. The molecule has 1 aromatic rings. The fraction of sp³-hybridized carbons (Fsp3) is 0.600. The number of alkyl halides is 3. The summed E-state index contributed by atoms with van der Waals surface area (Å²) in [5.41, 5.74) is -3.00. The lowest BCUT2D eigenvalue weighted by atomic mass is 10.2. The highest BCUT2D eigenvalue weighted by atomic mass is 79.9. The summed E-state index contributed by atoms with van der Waals surface area (Å²) < 4.78 is 31.3. The fourth-order valence-electron chi connectivity index (χ4n) is 1.92. The first-order chi connectivity index (χ1) is 9.36. The van der Waals surface area contributed by atoms with E-state index in [-0.39, 0.29) is 0 Å². The average molecular weight is 357 g/mol. The smallest absolute Gasteiger partial charge is 0.330 e. The monoisotopic (exact) mass is 356 g/mol. The maximum atomic E-state index is 12.7. The van der Waals surface area contributed by atoms with Crippen LogP contribution in [0.25, 0.3) is 0 Å². The first-order valence-electron chi connectivity index (χ1n) is 5.58. The van der Waals surface area contributed by atoms with Gasteiger partial charge in [0.15, 0.2) is 6.23 Å². The molecule has 0 amide bonds. The molecule has 3 N–H and O–H groups in total. The summed E-state index contributed by atoms with van der Waals surface area (Å²) in [6, 6.07) is 0. The van der Waals surface area contributed by atoms with Crippen LogP contribution in [0.5, 0.6) is 0 Å². The first-order valence-corrected chi connectivity index (χ1v) is 6.50. The number of nitrogens with zero attached hydrogens (tertiary/aromatic N) is 1. The van der Waals surface area contributed by atoms with E-state index in [1.54, 1.807) is 4.98 Å². The van der Waals surface area contributed by atoms with Gasteiger partial charge in [0.05, 0.1) is 23.1 Å². The van der Waals surface area contributed by atoms with E-state index in [9.17, 15) is 23.5 Å². The van der Waals surface area contributed by atoms with Gasteiger partial charge in [-0.25, -0.2) is 13.6 Å². The second-order valence-corrected chi connectivity index (χ2v) is 5.29. The number of nitrogens with one attached hydrogen (secondary N) is 1. The largest absolute Gasteiger partial charge is 0.394 e. The molecular formula is C10H11BrF2N2O5. The molecule has 0 radical (unpaired) electrons. The highest BCUT2D eigenvalue weighted by Crippen LogP contribution is 2.33. The molecule has 1 fully saturated rings. The van der Waals surface area contributed by atoms with Crippen molar-refractivity contribution in [2.24, 2.45) is 0 Å². The molecule has 1 aliphatic rings. The second kappa shape index (κ2) is 5.72. The van der Waals surface area contributed by atoms with Crippen molar-refractivity contribution in [1.82, 2.24) is 9.55 Å². The Hall–Kier alpha value is -1.10. The van der Waals surface area contributed by atoms with E-state index < -0.39 is 53.1 Å². The van der Waals surface area contributed by atoms with Crippen LogP contribution in [0.15, 0.2) is 15.8 Å². The van der Waals surface area contributed by atoms with Crippen LogP contribution in [0.4, 0.5) is 8.78 Å². The van der Waals surface area contributed by atoms with Crippen molar-refractivity contribution < 1.29 is 23.7 Å². The van der Waals surface area contributed by atoms with E-state index in [0.717, 1.165) is 4.57 Å². The molecule has 0 aliphatic carbocycles. The number of rotatable bonds is 3. The quantitative estimate of drug-likeness (QED) is 0.632. The maximum Gasteiger partial charge on any atom is 0.330 e. The van der Waals surface area contributed by atoms with Crippen LogP contribution in [0, 0.1) is 0 Å². The predicted octanol–water partition coefficient (Wildman–Crippen LogP) is -0.512. The van der Waals surface area contributed by atoms with Crippen molar-refractivity contribution >= 4 is 15.9 Å². The summed E-state index contributed by atoms with van der Waals surface area (Å²) in [6.45, 7) is -0.500. The number of aliphatic hydroxyl groups excluding tert-OH is 2. The van der Waals surface area contributed by atoms with Gasteiger partial charge in [-0.05, 0) is 0 Å². The van der Waals surface area contributed by atoms with Crippen LogP contribution < -0.4 is 11.2 Å². The summed E-state index contributed by atoms with van der Waals surface area (Å²) in [7, 11) is 0. The number of halogens is 3. The zero-order valence-corrected chi connectivity index (χ0v) is 11.5. The number of H-pyrrole nitrogens is 1. The van der Waals surface area contributed by atoms with E-state index in [2.05, 4.69) is 15.9 Å². The topological polar surface area (TPSA) is 105 Å². The van der Waals surface area contributed by atoms with Crippen LogP contribution in [-0.4, -0.2) is 43.4 Å². The van der Waals surface area contributed by atoms with Crippen LogP contribution in [0.3, 0.4) is 0 Å². The normalized spacial score (nSPS) is 30.1. The van der Waals surface area contributed by atoms with Crippen molar-refractivity contribution in [2.75, 3.05) is 6.61 Å². The second-order valence-electron chi connectivity index (χ2n) is 4.23. The molecule has 7 nitrogen and oxygen atoms in total. The minimum absolute atomic E-state index is 0.500. The van der Waals surface area contributed by atoms with Gasteiger partial charge in [-0.1, -0.05) is 15.9 Å². The molecule has 1 aliphatic heterocycles. The molecule has 0 bridgehead atoms.